The number of amides is 2. The molecule has 22 heavy (non-hydrogen) atoms. The van der Waals surface area contributed by atoms with Crippen molar-refractivity contribution in [2.75, 3.05) is 11.4 Å². The molecule has 0 spiro atoms. The van der Waals surface area contributed by atoms with Crippen LogP contribution in [0.5, 0.6) is 0 Å². The summed E-state index contributed by atoms with van der Waals surface area (Å²) >= 11 is 0. The van der Waals surface area contributed by atoms with Crippen molar-refractivity contribution in [3.05, 3.63) is 29.3 Å². The number of hydrogen-bond donors (Lipinski definition) is 1. The first-order valence-electron chi connectivity index (χ1n) is 7.85. The second-order valence-corrected chi connectivity index (χ2v) is 7.40. The number of hydrogen-bond acceptors (Lipinski definition) is 2. The summed E-state index contributed by atoms with van der Waals surface area (Å²) < 4.78 is 0. The van der Waals surface area contributed by atoms with E-state index >= 15 is 0 Å². The van der Waals surface area contributed by atoms with E-state index < -0.39 is 6.04 Å². The van der Waals surface area contributed by atoms with Crippen LogP contribution >= 0.6 is 0 Å². The number of carbonyl (C=O) groups is 2. The molecule has 2 rings (SSSR count). The Bertz CT molecular complexity index is 587. The van der Waals surface area contributed by atoms with E-state index in [1.807, 2.05) is 45.9 Å². The minimum atomic E-state index is -0.392. The molecule has 4 nitrogen and oxygen atoms in total. The standard InChI is InChI=1S/C18H26N2O2/c1-12-6-7-14(10-13(12)2)20-9-8-15(17(20)22)19-16(21)11-18(3,4)5/h6-7,10,15H,8-9,11H2,1-5H3,(H,19,21). The van der Waals surface area contributed by atoms with Gasteiger partial charge in [-0.15, -0.1) is 0 Å². The van der Waals surface area contributed by atoms with E-state index in [-0.39, 0.29) is 17.2 Å². The van der Waals surface area contributed by atoms with Gasteiger partial charge in [0.1, 0.15) is 6.04 Å². The molecule has 1 unspecified atom stereocenters. The van der Waals surface area contributed by atoms with Crippen LogP contribution < -0.4 is 10.2 Å². The quantitative estimate of drug-likeness (QED) is 0.933. The lowest BCUT2D eigenvalue weighted by molar-refractivity contribution is -0.127. The number of rotatable bonds is 3. The number of nitrogens with one attached hydrogen (secondary N) is 1. The van der Waals surface area contributed by atoms with Gasteiger partial charge in [-0.3, -0.25) is 9.59 Å². The first-order valence-corrected chi connectivity index (χ1v) is 7.85. The van der Waals surface area contributed by atoms with Crippen molar-refractivity contribution in [2.24, 2.45) is 5.41 Å². The first-order chi connectivity index (χ1) is 10.2. The van der Waals surface area contributed by atoms with Crippen LogP contribution in [0.2, 0.25) is 0 Å². The Labute approximate surface area is 132 Å². The first kappa shape index (κ1) is 16.5. The summed E-state index contributed by atoms with van der Waals surface area (Å²) in [5.41, 5.74) is 3.23. The highest BCUT2D eigenvalue weighted by molar-refractivity contribution is 6.01. The van der Waals surface area contributed by atoms with Crippen LogP contribution in [0.4, 0.5) is 5.69 Å². The van der Waals surface area contributed by atoms with Crippen LogP contribution in [0.25, 0.3) is 0 Å². The molecule has 120 valence electrons. The van der Waals surface area contributed by atoms with Crippen LogP contribution in [0.1, 0.15) is 44.7 Å². The molecule has 0 aliphatic carbocycles. The third-order valence-electron chi connectivity index (χ3n) is 4.03. The van der Waals surface area contributed by atoms with Gasteiger partial charge in [0.2, 0.25) is 11.8 Å². The Balaban J connectivity index is 2.03. The molecule has 1 aromatic carbocycles. The number of benzene rings is 1. The lowest BCUT2D eigenvalue weighted by Crippen LogP contribution is -2.42. The Morgan fingerprint density at radius 3 is 2.55 bits per heavy atom. The number of aryl methyl sites for hydroxylation is 2. The molecule has 1 atom stereocenters. The SMILES string of the molecule is Cc1ccc(N2CCC(NC(=O)CC(C)(C)C)C2=O)cc1C. The molecule has 0 saturated carbocycles. The maximum absolute atomic E-state index is 12.5. The maximum Gasteiger partial charge on any atom is 0.249 e. The van der Waals surface area contributed by atoms with E-state index in [1.165, 1.54) is 11.1 Å². The summed E-state index contributed by atoms with van der Waals surface area (Å²) in [6.07, 6.45) is 1.10. The maximum atomic E-state index is 12.5. The molecule has 0 bridgehead atoms. The largest absolute Gasteiger partial charge is 0.344 e. The zero-order valence-corrected chi connectivity index (χ0v) is 14.2. The smallest absolute Gasteiger partial charge is 0.249 e. The van der Waals surface area contributed by atoms with E-state index in [0.717, 1.165) is 5.69 Å². The van der Waals surface area contributed by atoms with Crippen molar-refractivity contribution >= 4 is 17.5 Å². The van der Waals surface area contributed by atoms with Crippen molar-refractivity contribution in [1.82, 2.24) is 5.32 Å². The van der Waals surface area contributed by atoms with Gasteiger partial charge in [-0.1, -0.05) is 26.8 Å². The topological polar surface area (TPSA) is 49.4 Å². The lowest BCUT2D eigenvalue weighted by atomic mass is 9.92. The summed E-state index contributed by atoms with van der Waals surface area (Å²) in [4.78, 5) is 26.3. The average Bonchev–Trinajstić information content (AvgIpc) is 2.72. The van der Waals surface area contributed by atoms with Gasteiger partial charge in [-0.2, -0.15) is 0 Å². The zero-order valence-electron chi connectivity index (χ0n) is 14.2. The van der Waals surface area contributed by atoms with Crippen molar-refractivity contribution < 1.29 is 9.59 Å². The molecule has 2 amide bonds. The molecule has 1 fully saturated rings. The molecule has 1 aromatic rings. The van der Waals surface area contributed by atoms with E-state index in [0.29, 0.717) is 19.4 Å². The highest BCUT2D eigenvalue weighted by atomic mass is 16.2. The normalized spacial score (nSPS) is 18.7. The second-order valence-electron chi connectivity index (χ2n) is 7.40. The molecule has 1 aliphatic rings. The zero-order chi connectivity index (χ0) is 16.5. The summed E-state index contributed by atoms with van der Waals surface area (Å²) in [5.74, 6) is -0.0571. The molecule has 1 N–H and O–H groups in total. The molecule has 0 radical (unpaired) electrons. The third kappa shape index (κ3) is 3.87. The minimum Gasteiger partial charge on any atom is -0.344 e. The van der Waals surface area contributed by atoms with Gasteiger partial charge in [0.25, 0.3) is 0 Å². The Kier molecular flexibility index (Phi) is 4.59. The van der Waals surface area contributed by atoms with Gasteiger partial charge < -0.3 is 10.2 Å². The number of carbonyl (C=O) groups excluding carboxylic acids is 2. The fourth-order valence-corrected chi connectivity index (χ4v) is 2.69. The van der Waals surface area contributed by atoms with Gasteiger partial charge in [-0.25, -0.2) is 0 Å². The monoisotopic (exact) mass is 302 g/mol. The van der Waals surface area contributed by atoms with Crippen molar-refractivity contribution in [3.8, 4) is 0 Å². The summed E-state index contributed by atoms with van der Waals surface area (Å²) in [6, 6.07) is 5.65. The second kappa shape index (κ2) is 6.11. The predicted molar refractivity (Wildman–Crippen MR) is 88.9 cm³/mol. The molecular formula is C18H26N2O2. The van der Waals surface area contributed by atoms with Crippen LogP contribution in [-0.4, -0.2) is 24.4 Å². The average molecular weight is 302 g/mol. The van der Waals surface area contributed by atoms with Gasteiger partial charge in [0, 0.05) is 18.7 Å². The Hall–Kier alpha value is -1.84. The van der Waals surface area contributed by atoms with Crippen LogP contribution in [-0.2, 0) is 9.59 Å². The molecule has 4 heteroatoms. The van der Waals surface area contributed by atoms with E-state index in [1.54, 1.807) is 4.90 Å². The van der Waals surface area contributed by atoms with Crippen molar-refractivity contribution in [3.63, 3.8) is 0 Å². The molecule has 0 aromatic heterocycles. The predicted octanol–water partition coefficient (Wildman–Crippen LogP) is 2.96. The number of nitrogens with zero attached hydrogens (tertiary/aromatic N) is 1. The van der Waals surface area contributed by atoms with Crippen LogP contribution in [0.15, 0.2) is 18.2 Å². The van der Waals surface area contributed by atoms with E-state index in [2.05, 4.69) is 12.2 Å². The lowest BCUT2D eigenvalue weighted by Gasteiger charge is -2.20. The fourth-order valence-electron chi connectivity index (χ4n) is 2.69. The molecule has 1 aliphatic heterocycles. The molecule has 1 heterocycles. The van der Waals surface area contributed by atoms with Crippen molar-refractivity contribution in [2.45, 2.75) is 53.5 Å². The summed E-state index contributed by atoms with van der Waals surface area (Å²) in [5, 5.41) is 2.88. The Morgan fingerprint density at radius 2 is 1.95 bits per heavy atom. The fraction of sp³-hybridized carbons (Fsp3) is 0.556. The van der Waals surface area contributed by atoms with Gasteiger partial charge in [-0.05, 0) is 48.9 Å². The molecular weight excluding hydrogens is 276 g/mol. The number of anilines is 1. The summed E-state index contributed by atoms with van der Waals surface area (Å²) in [7, 11) is 0. The van der Waals surface area contributed by atoms with Gasteiger partial charge in [0.15, 0.2) is 0 Å². The van der Waals surface area contributed by atoms with Gasteiger partial charge in [0.05, 0.1) is 0 Å². The highest BCUT2D eigenvalue weighted by Gasteiger charge is 2.34. The van der Waals surface area contributed by atoms with Gasteiger partial charge >= 0.3 is 0 Å². The highest BCUT2D eigenvalue weighted by Crippen LogP contribution is 2.24. The minimum absolute atomic E-state index is 0.00878. The van der Waals surface area contributed by atoms with E-state index in [4.69, 9.17) is 0 Å². The van der Waals surface area contributed by atoms with E-state index in [9.17, 15) is 9.59 Å². The summed E-state index contributed by atoms with van der Waals surface area (Å²) in [6.45, 7) is 10.8. The van der Waals surface area contributed by atoms with Crippen LogP contribution in [0, 0.1) is 19.3 Å². The molecule has 1 saturated heterocycles. The van der Waals surface area contributed by atoms with Crippen molar-refractivity contribution in [1.29, 1.82) is 0 Å². The Morgan fingerprint density at radius 1 is 1.27 bits per heavy atom. The third-order valence-corrected chi connectivity index (χ3v) is 4.03. The van der Waals surface area contributed by atoms with Crippen LogP contribution in [0.3, 0.4) is 0 Å².